The monoisotopic (exact) mass is 296 g/mol. The van der Waals surface area contributed by atoms with Gasteiger partial charge in [0, 0.05) is 10.4 Å². The lowest BCUT2D eigenvalue weighted by Crippen LogP contribution is -2.10. The predicted octanol–water partition coefficient (Wildman–Crippen LogP) is 4.34. The molecular formula is C17H12O3S. The second-order valence-corrected chi connectivity index (χ2v) is 5.33. The topological polar surface area (TPSA) is 46.5 Å². The molecule has 0 radical (unpaired) electrons. The molecule has 0 bridgehead atoms. The highest BCUT2D eigenvalue weighted by atomic mass is 32.1. The highest BCUT2D eigenvalue weighted by Gasteiger charge is 2.19. The minimum absolute atomic E-state index is 0.0816. The van der Waals surface area contributed by atoms with Crippen molar-refractivity contribution in [2.45, 2.75) is 0 Å². The maximum Gasteiger partial charge on any atom is 0.347 e. The molecule has 0 atom stereocenters. The van der Waals surface area contributed by atoms with Crippen LogP contribution >= 0.6 is 11.3 Å². The van der Waals surface area contributed by atoms with Crippen LogP contribution in [0.15, 0.2) is 66.0 Å². The SMILES string of the molecule is O=C(Oc1ccccc1)c1c(O)cccc1-c1cccs1. The fourth-order valence-electron chi connectivity index (χ4n) is 2.04. The summed E-state index contributed by atoms with van der Waals surface area (Å²) in [7, 11) is 0. The number of hydrogen-bond donors (Lipinski definition) is 1. The minimum Gasteiger partial charge on any atom is -0.507 e. The van der Waals surface area contributed by atoms with Gasteiger partial charge in [-0.15, -0.1) is 11.3 Å². The van der Waals surface area contributed by atoms with Crippen molar-refractivity contribution in [2.24, 2.45) is 0 Å². The zero-order valence-corrected chi connectivity index (χ0v) is 11.8. The lowest BCUT2D eigenvalue weighted by molar-refractivity contribution is 0.0732. The molecule has 0 spiro atoms. The van der Waals surface area contributed by atoms with E-state index in [4.69, 9.17) is 4.74 Å². The molecule has 104 valence electrons. The maximum atomic E-state index is 12.4. The Morgan fingerprint density at radius 3 is 2.48 bits per heavy atom. The van der Waals surface area contributed by atoms with E-state index in [9.17, 15) is 9.90 Å². The number of phenolic OH excluding ortho intramolecular Hbond substituents is 1. The van der Waals surface area contributed by atoms with Crippen molar-refractivity contribution in [1.82, 2.24) is 0 Å². The molecule has 0 saturated heterocycles. The first-order chi connectivity index (χ1) is 10.3. The summed E-state index contributed by atoms with van der Waals surface area (Å²) in [6, 6.07) is 17.6. The van der Waals surface area contributed by atoms with Gasteiger partial charge in [-0.1, -0.05) is 36.4 Å². The molecule has 0 aliphatic rings. The van der Waals surface area contributed by atoms with E-state index in [1.807, 2.05) is 23.6 Å². The molecule has 0 amide bonds. The van der Waals surface area contributed by atoms with Gasteiger partial charge in [0.1, 0.15) is 17.1 Å². The zero-order chi connectivity index (χ0) is 14.7. The molecule has 0 aliphatic carbocycles. The number of ether oxygens (including phenoxy) is 1. The third-order valence-electron chi connectivity index (χ3n) is 2.99. The van der Waals surface area contributed by atoms with Gasteiger partial charge in [-0.2, -0.15) is 0 Å². The lowest BCUT2D eigenvalue weighted by atomic mass is 10.1. The van der Waals surface area contributed by atoms with E-state index in [0.717, 1.165) is 4.88 Å². The van der Waals surface area contributed by atoms with Gasteiger partial charge in [0.25, 0.3) is 0 Å². The number of aromatic hydroxyl groups is 1. The quantitative estimate of drug-likeness (QED) is 0.577. The van der Waals surface area contributed by atoms with Crippen LogP contribution in [-0.2, 0) is 0 Å². The van der Waals surface area contributed by atoms with E-state index < -0.39 is 5.97 Å². The molecule has 4 heteroatoms. The summed E-state index contributed by atoms with van der Waals surface area (Å²) in [5.74, 6) is -0.201. The summed E-state index contributed by atoms with van der Waals surface area (Å²) in [4.78, 5) is 13.3. The Bertz CT molecular complexity index is 749. The van der Waals surface area contributed by atoms with Gasteiger partial charge in [-0.05, 0) is 29.6 Å². The van der Waals surface area contributed by atoms with Crippen LogP contribution in [0.4, 0.5) is 0 Å². The van der Waals surface area contributed by atoms with Crippen LogP contribution < -0.4 is 4.74 Å². The second-order valence-electron chi connectivity index (χ2n) is 4.38. The van der Waals surface area contributed by atoms with Crippen LogP contribution in [0.2, 0.25) is 0 Å². The average Bonchev–Trinajstić information content (AvgIpc) is 3.02. The fraction of sp³-hybridized carbons (Fsp3) is 0. The molecule has 1 aromatic heterocycles. The fourth-order valence-corrected chi connectivity index (χ4v) is 2.80. The van der Waals surface area contributed by atoms with Crippen LogP contribution in [0.25, 0.3) is 10.4 Å². The van der Waals surface area contributed by atoms with Gasteiger partial charge in [0.05, 0.1) is 0 Å². The summed E-state index contributed by atoms with van der Waals surface area (Å²) in [6.45, 7) is 0. The Kier molecular flexibility index (Phi) is 3.71. The molecule has 3 rings (SSSR count). The molecular weight excluding hydrogens is 284 g/mol. The van der Waals surface area contributed by atoms with E-state index in [2.05, 4.69) is 0 Å². The number of phenols is 1. The van der Waals surface area contributed by atoms with Gasteiger partial charge in [-0.3, -0.25) is 0 Å². The van der Waals surface area contributed by atoms with E-state index in [1.165, 1.54) is 17.4 Å². The predicted molar refractivity (Wildman–Crippen MR) is 82.8 cm³/mol. The molecule has 3 aromatic rings. The van der Waals surface area contributed by atoms with Crippen molar-refractivity contribution >= 4 is 17.3 Å². The van der Waals surface area contributed by atoms with E-state index in [1.54, 1.807) is 36.4 Å². The van der Waals surface area contributed by atoms with Crippen LogP contribution in [0, 0.1) is 0 Å². The molecule has 0 saturated carbocycles. The van der Waals surface area contributed by atoms with Gasteiger partial charge < -0.3 is 9.84 Å². The lowest BCUT2D eigenvalue weighted by Gasteiger charge is -2.10. The largest absolute Gasteiger partial charge is 0.507 e. The molecule has 0 fully saturated rings. The Morgan fingerprint density at radius 2 is 1.76 bits per heavy atom. The number of rotatable bonds is 3. The number of esters is 1. The van der Waals surface area contributed by atoms with Crippen LogP contribution in [0.3, 0.4) is 0 Å². The molecule has 2 aromatic carbocycles. The zero-order valence-electron chi connectivity index (χ0n) is 11.0. The molecule has 0 aliphatic heterocycles. The summed E-state index contributed by atoms with van der Waals surface area (Å²) >= 11 is 1.50. The standard InChI is InChI=1S/C17H12O3S/c18-14-9-4-8-13(15-10-5-11-21-15)16(14)17(19)20-12-6-2-1-3-7-12/h1-11,18H. The Balaban J connectivity index is 2.00. The highest BCUT2D eigenvalue weighted by Crippen LogP contribution is 2.33. The first-order valence-electron chi connectivity index (χ1n) is 6.39. The van der Waals surface area contributed by atoms with E-state index in [0.29, 0.717) is 11.3 Å². The Labute approximate surface area is 126 Å². The van der Waals surface area contributed by atoms with Gasteiger partial charge in [0.2, 0.25) is 0 Å². The smallest absolute Gasteiger partial charge is 0.347 e. The van der Waals surface area contributed by atoms with E-state index in [-0.39, 0.29) is 11.3 Å². The number of hydrogen-bond acceptors (Lipinski definition) is 4. The normalized spacial score (nSPS) is 10.3. The molecule has 0 unspecified atom stereocenters. The minimum atomic E-state index is -0.567. The average molecular weight is 296 g/mol. The van der Waals surface area contributed by atoms with Crippen molar-refractivity contribution in [3.05, 3.63) is 71.6 Å². The third kappa shape index (κ3) is 2.80. The summed E-state index contributed by atoms with van der Waals surface area (Å²) in [6.07, 6.45) is 0. The number of carbonyl (C=O) groups is 1. The molecule has 3 nitrogen and oxygen atoms in total. The number of carbonyl (C=O) groups excluding carboxylic acids is 1. The van der Waals surface area contributed by atoms with Crippen LogP contribution in [0.5, 0.6) is 11.5 Å². The summed E-state index contributed by atoms with van der Waals surface area (Å²) in [5.41, 5.74) is 0.856. The highest BCUT2D eigenvalue weighted by molar-refractivity contribution is 7.13. The van der Waals surface area contributed by atoms with Crippen molar-refractivity contribution < 1.29 is 14.6 Å². The Morgan fingerprint density at radius 1 is 0.952 bits per heavy atom. The van der Waals surface area contributed by atoms with E-state index >= 15 is 0 Å². The van der Waals surface area contributed by atoms with Gasteiger partial charge in [0.15, 0.2) is 0 Å². The van der Waals surface area contributed by atoms with Crippen molar-refractivity contribution in [2.75, 3.05) is 0 Å². The van der Waals surface area contributed by atoms with Crippen LogP contribution in [0.1, 0.15) is 10.4 Å². The first kappa shape index (κ1) is 13.4. The first-order valence-corrected chi connectivity index (χ1v) is 7.27. The third-order valence-corrected chi connectivity index (χ3v) is 3.89. The molecule has 1 N–H and O–H groups in total. The number of para-hydroxylation sites is 1. The van der Waals surface area contributed by atoms with Crippen LogP contribution in [-0.4, -0.2) is 11.1 Å². The van der Waals surface area contributed by atoms with Crippen molar-refractivity contribution in [3.63, 3.8) is 0 Å². The maximum absolute atomic E-state index is 12.4. The van der Waals surface area contributed by atoms with Gasteiger partial charge in [-0.25, -0.2) is 4.79 Å². The summed E-state index contributed by atoms with van der Waals surface area (Å²) < 4.78 is 5.33. The van der Waals surface area contributed by atoms with Crippen molar-refractivity contribution in [1.29, 1.82) is 0 Å². The number of thiophene rings is 1. The van der Waals surface area contributed by atoms with Gasteiger partial charge >= 0.3 is 5.97 Å². The van der Waals surface area contributed by atoms with Crippen molar-refractivity contribution in [3.8, 4) is 21.9 Å². The second kappa shape index (κ2) is 5.81. The Hall–Kier alpha value is -2.59. The summed E-state index contributed by atoms with van der Waals surface area (Å²) in [5, 5.41) is 12.0. The molecule has 1 heterocycles. The molecule has 21 heavy (non-hydrogen) atoms. The number of benzene rings is 2.